The molecule has 1 atom stereocenters. The van der Waals surface area contributed by atoms with Gasteiger partial charge in [-0.3, -0.25) is 0 Å². The summed E-state index contributed by atoms with van der Waals surface area (Å²) >= 11 is 0. The molecule has 1 N–H and O–H groups in total. The molecular formula is C19H25N. The van der Waals surface area contributed by atoms with Crippen LogP contribution >= 0.6 is 0 Å². The van der Waals surface area contributed by atoms with E-state index in [0.29, 0.717) is 6.04 Å². The van der Waals surface area contributed by atoms with Gasteiger partial charge in [0, 0.05) is 11.7 Å². The zero-order chi connectivity index (χ0) is 14.6. The second kappa shape index (κ2) is 6.13. The van der Waals surface area contributed by atoms with Gasteiger partial charge in [0.1, 0.15) is 0 Å². The van der Waals surface area contributed by atoms with Gasteiger partial charge in [-0.05, 0) is 43.4 Å². The third kappa shape index (κ3) is 3.86. The fraction of sp³-hybridized carbons (Fsp3) is 0.368. The highest BCUT2D eigenvalue weighted by atomic mass is 14.9. The van der Waals surface area contributed by atoms with E-state index < -0.39 is 0 Å². The van der Waals surface area contributed by atoms with Crippen LogP contribution in [0, 0.1) is 6.92 Å². The first-order valence-corrected chi connectivity index (χ1v) is 7.36. The van der Waals surface area contributed by atoms with Gasteiger partial charge in [-0.25, -0.2) is 0 Å². The molecule has 0 aliphatic carbocycles. The Bertz CT molecular complexity index is 525. The van der Waals surface area contributed by atoms with Crippen LogP contribution in [0.4, 0.5) is 5.69 Å². The van der Waals surface area contributed by atoms with Gasteiger partial charge in [0.25, 0.3) is 0 Å². The van der Waals surface area contributed by atoms with Crippen LogP contribution in [0.2, 0.25) is 0 Å². The van der Waals surface area contributed by atoms with E-state index in [1.807, 2.05) is 0 Å². The van der Waals surface area contributed by atoms with Crippen LogP contribution in [-0.4, -0.2) is 6.04 Å². The lowest BCUT2D eigenvalue weighted by Gasteiger charge is -2.29. The van der Waals surface area contributed by atoms with Crippen molar-refractivity contribution in [1.29, 1.82) is 0 Å². The van der Waals surface area contributed by atoms with Crippen molar-refractivity contribution in [3.8, 4) is 0 Å². The molecule has 1 heteroatoms. The molecule has 0 bridgehead atoms. The highest BCUT2D eigenvalue weighted by Crippen LogP contribution is 2.29. The van der Waals surface area contributed by atoms with Crippen LogP contribution in [0.3, 0.4) is 0 Å². The first kappa shape index (κ1) is 14.6. The molecule has 106 valence electrons. The van der Waals surface area contributed by atoms with E-state index in [0.717, 1.165) is 6.42 Å². The SMILES string of the molecule is Cc1ccc(NC(C)CC(C)(C)c2ccccc2)cc1. The molecule has 0 saturated heterocycles. The molecule has 2 aromatic rings. The van der Waals surface area contributed by atoms with E-state index in [1.165, 1.54) is 16.8 Å². The smallest absolute Gasteiger partial charge is 0.0342 e. The van der Waals surface area contributed by atoms with Crippen LogP contribution in [0.5, 0.6) is 0 Å². The Balaban J connectivity index is 2.00. The van der Waals surface area contributed by atoms with Crippen LogP contribution < -0.4 is 5.32 Å². The van der Waals surface area contributed by atoms with E-state index >= 15 is 0 Å². The molecule has 0 aliphatic heterocycles. The molecule has 2 aromatic carbocycles. The molecular weight excluding hydrogens is 242 g/mol. The molecule has 2 rings (SSSR count). The van der Waals surface area contributed by atoms with Crippen molar-refractivity contribution in [2.75, 3.05) is 5.32 Å². The Morgan fingerprint density at radius 1 is 0.950 bits per heavy atom. The maximum absolute atomic E-state index is 3.59. The van der Waals surface area contributed by atoms with E-state index in [1.54, 1.807) is 0 Å². The zero-order valence-electron chi connectivity index (χ0n) is 13.0. The Kier molecular flexibility index (Phi) is 4.49. The molecule has 0 spiro atoms. The van der Waals surface area contributed by atoms with Crippen molar-refractivity contribution in [2.45, 2.75) is 45.6 Å². The zero-order valence-corrected chi connectivity index (χ0v) is 13.0. The highest BCUT2D eigenvalue weighted by Gasteiger charge is 2.23. The summed E-state index contributed by atoms with van der Waals surface area (Å²) < 4.78 is 0. The number of aryl methyl sites for hydroxylation is 1. The maximum Gasteiger partial charge on any atom is 0.0342 e. The Hall–Kier alpha value is -1.76. The molecule has 0 radical (unpaired) electrons. The number of anilines is 1. The number of nitrogens with one attached hydrogen (secondary N) is 1. The standard InChI is InChI=1S/C19H25N/c1-15-10-12-18(13-11-15)20-16(2)14-19(3,4)17-8-6-5-7-9-17/h5-13,16,20H,14H2,1-4H3. The second-order valence-electron chi connectivity index (χ2n) is 6.37. The van der Waals surface area contributed by atoms with E-state index in [4.69, 9.17) is 0 Å². The first-order valence-electron chi connectivity index (χ1n) is 7.36. The number of hydrogen-bond acceptors (Lipinski definition) is 1. The summed E-state index contributed by atoms with van der Waals surface area (Å²) in [4.78, 5) is 0. The lowest BCUT2D eigenvalue weighted by Crippen LogP contribution is -2.27. The lowest BCUT2D eigenvalue weighted by atomic mass is 9.79. The largest absolute Gasteiger partial charge is 0.383 e. The van der Waals surface area contributed by atoms with Gasteiger partial charge in [-0.2, -0.15) is 0 Å². The molecule has 1 unspecified atom stereocenters. The van der Waals surface area contributed by atoms with Gasteiger partial charge < -0.3 is 5.32 Å². The van der Waals surface area contributed by atoms with Gasteiger partial charge in [-0.15, -0.1) is 0 Å². The van der Waals surface area contributed by atoms with Gasteiger partial charge in [0.05, 0.1) is 0 Å². The Labute approximate surface area is 123 Å². The van der Waals surface area contributed by atoms with Crippen molar-refractivity contribution >= 4 is 5.69 Å². The minimum Gasteiger partial charge on any atom is -0.383 e. The summed E-state index contributed by atoms with van der Waals surface area (Å²) in [6.45, 7) is 9.00. The van der Waals surface area contributed by atoms with Crippen molar-refractivity contribution in [3.05, 3.63) is 65.7 Å². The Morgan fingerprint density at radius 2 is 1.55 bits per heavy atom. The third-order valence-corrected chi connectivity index (χ3v) is 3.84. The predicted octanol–water partition coefficient (Wildman–Crippen LogP) is 5.16. The average Bonchev–Trinajstić information content (AvgIpc) is 2.42. The van der Waals surface area contributed by atoms with Crippen molar-refractivity contribution in [2.24, 2.45) is 0 Å². The average molecular weight is 267 g/mol. The summed E-state index contributed by atoms with van der Waals surface area (Å²) in [6, 6.07) is 19.8. The summed E-state index contributed by atoms with van der Waals surface area (Å²) in [7, 11) is 0. The highest BCUT2D eigenvalue weighted by molar-refractivity contribution is 5.45. The lowest BCUT2D eigenvalue weighted by molar-refractivity contribution is 0.450. The van der Waals surface area contributed by atoms with Crippen LogP contribution in [-0.2, 0) is 5.41 Å². The van der Waals surface area contributed by atoms with E-state index in [9.17, 15) is 0 Å². The predicted molar refractivity (Wildman–Crippen MR) is 88.3 cm³/mol. The van der Waals surface area contributed by atoms with E-state index in [-0.39, 0.29) is 5.41 Å². The third-order valence-electron chi connectivity index (χ3n) is 3.84. The fourth-order valence-electron chi connectivity index (χ4n) is 2.76. The summed E-state index contributed by atoms with van der Waals surface area (Å²) in [5.41, 5.74) is 4.08. The van der Waals surface area contributed by atoms with Gasteiger partial charge >= 0.3 is 0 Å². The van der Waals surface area contributed by atoms with Crippen LogP contribution in [0.25, 0.3) is 0 Å². The van der Waals surface area contributed by atoms with Gasteiger partial charge in [0.15, 0.2) is 0 Å². The number of benzene rings is 2. The topological polar surface area (TPSA) is 12.0 Å². The fourth-order valence-corrected chi connectivity index (χ4v) is 2.76. The monoisotopic (exact) mass is 267 g/mol. The second-order valence-corrected chi connectivity index (χ2v) is 6.37. The van der Waals surface area contributed by atoms with Gasteiger partial charge in [-0.1, -0.05) is 61.9 Å². The van der Waals surface area contributed by atoms with Crippen molar-refractivity contribution < 1.29 is 0 Å². The normalized spacial score (nSPS) is 13.0. The minimum atomic E-state index is 0.179. The van der Waals surface area contributed by atoms with Gasteiger partial charge in [0.2, 0.25) is 0 Å². The van der Waals surface area contributed by atoms with Crippen LogP contribution in [0.1, 0.15) is 38.3 Å². The van der Waals surface area contributed by atoms with Crippen molar-refractivity contribution in [3.63, 3.8) is 0 Å². The Morgan fingerprint density at radius 3 is 2.15 bits per heavy atom. The molecule has 20 heavy (non-hydrogen) atoms. The maximum atomic E-state index is 3.59. The molecule has 0 aliphatic rings. The molecule has 0 fully saturated rings. The minimum absolute atomic E-state index is 0.179. The summed E-state index contributed by atoms with van der Waals surface area (Å²) in [6.07, 6.45) is 1.10. The molecule has 1 nitrogen and oxygen atoms in total. The summed E-state index contributed by atoms with van der Waals surface area (Å²) in [5, 5.41) is 3.59. The molecule has 0 saturated carbocycles. The summed E-state index contributed by atoms with van der Waals surface area (Å²) in [5.74, 6) is 0. The number of rotatable bonds is 5. The van der Waals surface area contributed by atoms with Crippen molar-refractivity contribution in [1.82, 2.24) is 0 Å². The van der Waals surface area contributed by atoms with E-state index in [2.05, 4.69) is 87.6 Å². The quantitative estimate of drug-likeness (QED) is 0.788. The van der Waals surface area contributed by atoms with Crippen LogP contribution in [0.15, 0.2) is 54.6 Å². The first-order chi connectivity index (χ1) is 9.47. The molecule has 0 amide bonds. The molecule has 0 aromatic heterocycles. The molecule has 0 heterocycles. The number of hydrogen-bond donors (Lipinski definition) is 1.